The Bertz CT molecular complexity index is 262. The molecule has 0 amide bonds. The van der Waals surface area contributed by atoms with Crippen molar-refractivity contribution >= 4 is 11.3 Å². The van der Waals surface area contributed by atoms with Crippen LogP contribution in [0.5, 0.6) is 0 Å². The van der Waals surface area contributed by atoms with Gasteiger partial charge in [-0.05, 0) is 24.8 Å². The molecule has 0 bridgehead atoms. The number of nitrogens with zero attached hydrogens (tertiary/aromatic N) is 1. The van der Waals surface area contributed by atoms with E-state index in [1.54, 1.807) is 11.3 Å². The summed E-state index contributed by atoms with van der Waals surface area (Å²) in [6.07, 6.45) is 2.39. The van der Waals surface area contributed by atoms with Crippen molar-refractivity contribution in [3.63, 3.8) is 0 Å². The molecule has 0 saturated carbocycles. The highest BCUT2D eigenvalue weighted by Crippen LogP contribution is 2.27. The Labute approximate surface area is 97.1 Å². The smallest absolute Gasteiger partial charge is 0.0795 e. The average Bonchev–Trinajstić information content (AvgIpc) is 2.63. The van der Waals surface area contributed by atoms with Gasteiger partial charge in [-0.1, -0.05) is 27.7 Å². The number of aromatic nitrogens is 1. The minimum absolute atomic E-state index is 0.406. The topological polar surface area (TPSA) is 24.9 Å². The highest BCUT2D eigenvalue weighted by Gasteiger charge is 2.17. The molecule has 1 heterocycles. The molecule has 1 aromatic heterocycles. The van der Waals surface area contributed by atoms with Gasteiger partial charge in [0, 0.05) is 5.38 Å². The van der Waals surface area contributed by atoms with E-state index in [0.717, 1.165) is 6.54 Å². The minimum Gasteiger partial charge on any atom is -0.309 e. The van der Waals surface area contributed by atoms with Crippen LogP contribution in [0.25, 0.3) is 0 Å². The van der Waals surface area contributed by atoms with Gasteiger partial charge in [-0.3, -0.25) is 0 Å². The molecular formula is C12H22N2S. The third kappa shape index (κ3) is 4.76. The number of thiazole rings is 1. The fraction of sp³-hybridized carbons (Fsp3) is 0.750. The molecule has 86 valence electrons. The zero-order chi connectivity index (χ0) is 11.3. The molecule has 1 N–H and O–H groups in total. The van der Waals surface area contributed by atoms with Crippen molar-refractivity contribution in [2.24, 2.45) is 5.41 Å². The molecule has 1 atom stereocenters. The van der Waals surface area contributed by atoms with Gasteiger partial charge in [0.15, 0.2) is 0 Å². The first-order chi connectivity index (χ1) is 7.03. The molecule has 0 aliphatic rings. The van der Waals surface area contributed by atoms with Crippen molar-refractivity contribution in [1.82, 2.24) is 10.3 Å². The third-order valence-corrected chi connectivity index (χ3v) is 3.05. The standard InChI is InChI=1S/C12H22N2S/c1-5-13-10(6-7-12(2,3)4)11-8-15-9-14-11/h8-10,13H,5-7H2,1-4H3. The van der Waals surface area contributed by atoms with Crippen LogP contribution in [0.4, 0.5) is 0 Å². The first-order valence-electron chi connectivity index (χ1n) is 5.64. The predicted molar refractivity (Wildman–Crippen MR) is 67.2 cm³/mol. The van der Waals surface area contributed by atoms with Crippen molar-refractivity contribution in [3.05, 3.63) is 16.6 Å². The number of nitrogens with one attached hydrogen (secondary N) is 1. The van der Waals surface area contributed by atoms with Crippen LogP contribution in [0.3, 0.4) is 0 Å². The molecular weight excluding hydrogens is 204 g/mol. The Balaban J connectivity index is 2.52. The van der Waals surface area contributed by atoms with E-state index in [-0.39, 0.29) is 0 Å². The highest BCUT2D eigenvalue weighted by molar-refractivity contribution is 7.07. The van der Waals surface area contributed by atoms with Crippen LogP contribution in [0, 0.1) is 5.41 Å². The van der Waals surface area contributed by atoms with Crippen LogP contribution >= 0.6 is 11.3 Å². The SMILES string of the molecule is CCNC(CCC(C)(C)C)c1cscn1. The molecule has 0 aromatic carbocycles. The van der Waals surface area contributed by atoms with Crippen molar-refractivity contribution in [2.45, 2.75) is 46.6 Å². The first kappa shape index (κ1) is 12.7. The molecule has 0 aliphatic heterocycles. The molecule has 0 radical (unpaired) electrons. The van der Waals surface area contributed by atoms with E-state index in [9.17, 15) is 0 Å². The Morgan fingerprint density at radius 3 is 2.67 bits per heavy atom. The largest absolute Gasteiger partial charge is 0.309 e. The van der Waals surface area contributed by atoms with Crippen LogP contribution in [0.15, 0.2) is 10.9 Å². The Hall–Kier alpha value is -0.410. The number of hydrogen-bond donors (Lipinski definition) is 1. The lowest BCUT2D eigenvalue weighted by atomic mass is 9.88. The molecule has 0 saturated heterocycles. The summed E-state index contributed by atoms with van der Waals surface area (Å²) < 4.78 is 0. The molecule has 0 fully saturated rings. The first-order valence-corrected chi connectivity index (χ1v) is 6.58. The number of hydrogen-bond acceptors (Lipinski definition) is 3. The summed E-state index contributed by atoms with van der Waals surface area (Å²) in [5, 5.41) is 5.65. The van der Waals surface area contributed by atoms with E-state index >= 15 is 0 Å². The second-order valence-electron chi connectivity index (χ2n) is 5.12. The second-order valence-corrected chi connectivity index (χ2v) is 5.84. The Morgan fingerprint density at radius 1 is 1.47 bits per heavy atom. The molecule has 15 heavy (non-hydrogen) atoms. The zero-order valence-corrected chi connectivity index (χ0v) is 11.0. The Morgan fingerprint density at radius 2 is 2.20 bits per heavy atom. The molecule has 1 unspecified atom stereocenters. The van der Waals surface area contributed by atoms with E-state index in [1.807, 2.05) is 5.51 Å². The van der Waals surface area contributed by atoms with E-state index < -0.39 is 0 Å². The normalized spacial score (nSPS) is 14.1. The Kier molecular flexibility index (Phi) is 4.74. The summed E-state index contributed by atoms with van der Waals surface area (Å²) >= 11 is 1.68. The molecule has 1 rings (SSSR count). The van der Waals surface area contributed by atoms with Gasteiger partial charge in [-0.2, -0.15) is 0 Å². The summed E-state index contributed by atoms with van der Waals surface area (Å²) in [5.74, 6) is 0. The van der Waals surface area contributed by atoms with Gasteiger partial charge in [-0.25, -0.2) is 4.98 Å². The van der Waals surface area contributed by atoms with Crippen LogP contribution in [0.1, 0.15) is 52.3 Å². The van der Waals surface area contributed by atoms with E-state index in [0.29, 0.717) is 11.5 Å². The average molecular weight is 226 g/mol. The fourth-order valence-corrected chi connectivity index (χ4v) is 2.18. The molecule has 1 aromatic rings. The zero-order valence-electron chi connectivity index (χ0n) is 10.2. The van der Waals surface area contributed by atoms with Crippen LogP contribution in [0.2, 0.25) is 0 Å². The third-order valence-electron chi connectivity index (χ3n) is 2.44. The predicted octanol–water partition coefficient (Wildman–Crippen LogP) is 3.62. The van der Waals surface area contributed by atoms with Crippen molar-refractivity contribution in [3.8, 4) is 0 Å². The summed E-state index contributed by atoms with van der Waals surface area (Å²) in [7, 11) is 0. The van der Waals surface area contributed by atoms with Crippen LogP contribution < -0.4 is 5.32 Å². The summed E-state index contributed by atoms with van der Waals surface area (Å²) in [6.45, 7) is 10.0. The van der Waals surface area contributed by atoms with Crippen molar-refractivity contribution in [2.75, 3.05) is 6.54 Å². The van der Waals surface area contributed by atoms with E-state index in [2.05, 4.69) is 43.4 Å². The minimum atomic E-state index is 0.406. The van der Waals surface area contributed by atoms with Gasteiger partial charge >= 0.3 is 0 Å². The summed E-state index contributed by atoms with van der Waals surface area (Å²) in [4.78, 5) is 4.39. The van der Waals surface area contributed by atoms with Gasteiger partial charge in [0.1, 0.15) is 0 Å². The van der Waals surface area contributed by atoms with Crippen molar-refractivity contribution < 1.29 is 0 Å². The molecule has 2 nitrogen and oxygen atoms in total. The van der Waals surface area contributed by atoms with Gasteiger partial charge in [0.2, 0.25) is 0 Å². The maximum Gasteiger partial charge on any atom is 0.0795 e. The van der Waals surface area contributed by atoms with E-state index in [1.165, 1.54) is 18.5 Å². The molecule has 3 heteroatoms. The van der Waals surface area contributed by atoms with Crippen LogP contribution in [-0.2, 0) is 0 Å². The van der Waals surface area contributed by atoms with Crippen molar-refractivity contribution in [1.29, 1.82) is 0 Å². The highest BCUT2D eigenvalue weighted by atomic mass is 32.1. The van der Waals surface area contributed by atoms with Gasteiger partial charge in [-0.15, -0.1) is 11.3 Å². The van der Waals surface area contributed by atoms with E-state index in [4.69, 9.17) is 0 Å². The van der Waals surface area contributed by atoms with Crippen LogP contribution in [-0.4, -0.2) is 11.5 Å². The van der Waals surface area contributed by atoms with Gasteiger partial charge in [0.25, 0.3) is 0 Å². The maximum absolute atomic E-state index is 4.39. The quantitative estimate of drug-likeness (QED) is 0.829. The lowest BCUT2D eigenvalue weighted by Gasteiger charge is -2.22. The number of rotatable bonds is 5. The van der Waals surface area contributed by atoms with Gasteiger partial charge < -0.3 is 5.32 Å². The summed E-state index contributed by atoms with van der Waals surface area (Å²) in [6, 6.07) is 0.431. The molecule has 0 spiro atoms. The summed E-state index contributed by atoms with van der Waals surface area (Å²) in [5.41, 5.74) is 3.52. The monoisotopic (exact) mass is 226 g/mol. The van der Waals surface area contributed by atoms with Gasteiger partial charge in [0.05, 0.1) is 17.2 Å². The second kappa shape index (κ2) is 5.61. The lowest BCUT2D eigenvalue weighted by Crippen LogP contribution is -2.22. The lowest BCUT2D eigenvalue weighted by molar-refractivity contribution is 0.332. The maximum atomic E-state index is 4.39. The molecule has 0 aliphatic carbocycles. The fourth-order valence-electron chi connectivity index (χ4n) is 1.57.